The van der Waals surface area contributed by atoms with Crippen molar-refractivity contribution in [1.29, 1.82) is 0 Å². The Labute approximate surface area is 125 Å². The largest absolute Gasteiger partial charge is 0.329 e. The van der Waals surface area contributed by atoms with Crippen LogP contribution in [0.5, 0.6) is 0 Å². The van der Waals surface area contributed by atoms with Crippen molar-refractivity contribution in [3.63, 3.8) is 0 Å². The molecule has 3 nitrogen and oxygen atoms in total. The molecule has 1 aliphatic carbocycles. The van der Waals surface area contributed by atoms with Crippen molar-refractivity contribution in [2.75, 3.05) is 40.3 Å². The SMILES string of the molecule is CC1CCC(C)C(CN)(N2CCC(CN(C)C)CC2)C1. The maximum atomic E-state index is 6.29. The van der Waals surface area contributed by atoms with Crippen LogP contribution in [0.25, 0.3) is 0 Å². The van der Waals surface area contributed by atoms with E-state index in [0.717, 1.165) is 24.3 Å². The zero-order valence-electron chi connectivity index (χ0n) is 14.1. The Kier molecular flexibility index (Phi) is 5.49. The molecule has 0 bridgehead atoms. The molecule has 0 amide bonds. The summed E-state index contributed by atoms with van der Waals surface area (Å²) < 4.78 is 0. The van der Waals surface area contributed by atoms with Crippen molar-refractivity contribution < 1.29 is 0 Å². The third-order valence-corrected chi connectivity index (χ3v) is 5.93. The molecule has 1 saturated carbocycles. The smallest absolute Gasteiger partial charge is 0.0359 e. The summed E-state index contributed by atoms with van der Waals surface area (Å²) in [7, 11) is 4.39. The van der Waals surface area contributed by atoms with Gasteiger partial charge in [0.05, 0.1) is 0 Å². The van der Waals surface area contributed by atoms with E-state index in [0.29, 0.717) is 5.54 Å². The molecule has 2 fully saturated rings. The molecule has 0 aromatic rings. The molecule has 1 saturated heterocycles. The fraction of sp³-hybridized carbons (Fsp3) is 1.00. The standard InChI is InChI=1S/C17H35N3/c1-14-5-6-15(2)17(11-14,13-18)20-9-7-16(8-10-20)12-19(3)4/h14-16H,5-13,18H2,1-4H3. The highest BCUT2D eigenvalue weighted by Gasteiger charge is 2.44. The van der Waals surface area contributed by atoms with Gasteiger partial charge in [0.1, 0.15) is 0 Å². The number of hydrogen-bond acceptors (Lipinski definition) is 3. The predicted octanol–water partition coefficient (Wildman–Crippen LogP) is 2.41. The summed E-state index contributed by atoms with van der Waals surface area (Å²) in [6, 6.07) is 0. The van der Waals surface area contributed by atoms with Crippen molar-refractivity contribution in [3.05, 3.63) is 0 Å². The number of rotatable bonds is 4. The van der Waals surface area contributed by atoms with Crippen LogP contribution in [0.1, 0.15) is 46.0 Å². The van der Waals surface area contributed by atoms with Crippen molar-refractivity contribution >= 4 is 0 Å². The fourth-order valence-electron chi connectivity index (χ4n) is 4.64. The van der Waals surface area contributed by atoms with Crippen LogP contribution < -0.4 is 5.73 Å². The first kappa shape index (κ1) is 16.3. The van der Waals surface area contributed by atoms with Gasteiger partial charge in [-0.1, -0.05) is 20.3 Å². The van der Waals surface area contributed by atoms with E-state index in [2.05, 4.69) is 37.7 Å². The van der Waals surface area contributed by atoms with E-state index in [1.165, 1.54) is 51.7 Å². The molecule has 0 aromatic heterocycles. The molecule has 3 heteroatoms. The Hall–Kier alpha value is -0.120. The lowest BCUT2D eigenvalue weighted by atomic mass is 9.68. The van der Waals surface area contributed by atoms with E-state index in [-0.39, 0.29) is 0 Å². The normalized spacial score (nSPS) is 37.5. The molecule has 0 aromatic carbocycles. The molecule has 1 heterocycles. The second kappa shape index (κ2) is 6.76. The average molecular weight is 281 g/mol. The molecule has 3 unspecified atom stereocenters. The van der Waals surface area contributed by atoms with E-state index < -0.39 is 0 Å². The summed E-state index contributed by atoms with van der Waals surface area (Å²) in [4.78, 5) is 5.10. The van der Waals surface area contributed by atoms with Gasteiger partial charge in [-0.15, -0.1) is 0 Å². The second-order valence-corrected chi connectivity index (χ2v) is 7.79. The van der Waals surface area contributed by atoms with Gasteiger partial charge in [0.25, 0.3) is 0 Å². The molecule has 118 valence electrons. The fourth-order valence-corrected chi connectivity index (χ4v) is 4.64. The van der Waals surface area contributed by atoms with Crippen molar-refractivity contribution in [2.24, 2.45) is 23.5 Å². The van der Waals surface area contributed by atoms with Gasteiger partial charge in [-0.05, 0) is 70.6 Å². The van der Waals surface area contributed by atoms with Gasteiger partial charge in [-0.2, -0.15) is 0 Å². The highest BCUT2D eigenvalue weighted by Crippen LogP contribution is 2.42. The van der Waals surface area contributed by atoms with E-state index in [1.807, 2.05) is 0 Å². The average Bonchev–Trinajstić information content (AvgIpc) is 2.42. The summed E-state index contributed by atoms with van der Waals surface area (Å²) in [6.07, 6.45) is 6.75. The lowest BCUT2D eigenvalue weighted by Gasteiger charge is -2.54. The summed E-state index contributed by atoms with van der Waals surface area (Å²) in [5.41, 5.74) is 6.58. The quantitative estimate of drug-likeness (QED) is 0.859. The molecular formula is C17H35N3. The van der Waals surface area contributed by atoms with Crippen LogP contribution in [-0.2, 0) is 0 Å². The first-order chi connectivity index (χ1) is 9.48. The van der Waals surface area contributed by atoms with E-state index in [9.17, 15) is 0 Å². The topological polar surface area (TPSA) is 32.5 Å². The van der Waals surface area contributed by atoms with E-state index in [1.54, 1.807) is 0 Å². The summed E-state index contributed by atoms with van der Waals surface area (Å²) in [5.74, 6) is 2.48. The maximum Gasteiger partial charge on any atom is 0.0359 e. The van der Waals surface area contributed by atoms with Crippen molar-refractivity contribution in [3.8, 4) is 0 Å². The molecule has 20 heavy (non-hydrogen) atoms. The van der Waals surface area contributed by atoms with Crippen LogP contribution in [-0.4, -0.2) is 55.6 Å². The minimum absolute atomic E-state index is 0.292. The molecule has 0 spiro atoms. The molecule has 3 atom stereocenters. The lowest BCUT2D eigenvalue weighted by Crippen LogP contribution is -2.62. The van der Waals surface area contributed by atoms with Crippen molar-refractivity contribution in [2.45, 2.75) is 51.5 Å². The van der Waals surface area contributed by atoms with E-state index >= 15 is 0 Å². The number of likely N-dealkylation sites (tertiary alicyclic amines) is 1. The number of hydrogen-bond donors (Lipinski definition) is 1. The van der Waals surface area contributed by atoms with Crippen LogP contribution in [0.3, 0.4) is 0 Å². The molecule has 2 N–H and O–H groups in total. The zero-order chi connectivity index (χ0) is 14.8. The van der Waals surface area contributed by atoms with Crippen LogP contribution in [0.4, 0.5) is 0 Å². The summed E-state index contributed by atoms with van der Waals surface area (Å²) >= 11 is 0. The van der Waals surface area contributed by atoms with Crippen LogP contribution >= 0.6 is 0 Å². The van der Waals surface area contributed by atoms with Crippen LogP contribution in [0.2, 0.25) is 0 Å². The Morgan fingerprint density at radius 2 is 1.75 bits per heavy atom. The van der Waals surface area contributed by atoms with Gasteiger partial charge in [-0.25, -0.2) is 0 Å². The Balaban J connectivity index is 1.99. The number of nitrogens with zero attached hydrogens (tertiary/aromatic N) is 2. The van der Waals surface area contributed by atoms with Crippen molar-refractivity contribution in [1.82, 2.24) is 9.80 Å². The van der Waals surface area contributed by atoms with Crippen LogP contribution in [0.15, 0.2) is 0 Å². The van der Waals surface area contributed by atoms with Gasteiger partial charge in [0.2, 0.25) is 0 Å². The van der Waals surface area contributed by atoms with Gasteiger partial charge < -0.3 is 10.6 Å². The molecule has 1 aliphatic heterocycles. The minimum Gasteiger partial charge on any atom is -0.329 e. The number of nitrogens with two attached hydrogens (primary N) is 1. The minimum atomic E-state index is 0.292. The first-order valence-electron chi connectivity index (χ1n) is 8.57. The third kappa shape index (κ3) is 3.37. The van der Waals surface area contributed by atoms with Gasteiger partial charge in [0.15, 0.2) is 0 Å². The Morgan fingerprint density at radius 1 is 1.10 bits per heavy atom. The van der Waals surface area contributed by atoms with E-state index in [4.69, 9.17) is 5.73 Å². The van der Waals surface area contributed by atoms with Gasteiger partial charge in [-0.3, -0.25) is 4.90 Å². The highest BCUT2D eigenvalue weighted by molar-refractivity contribution is 5.01. The zero-order valence-corrected chi connectivity index (χ0v) is 14.1. The lowest BCUT2D eigenvalue weighted by molar-refractivity contribution is -0.0256. The maximum absolute atomic E-state index is 6.29. The Morgan fingerprint density at radius 3 is 2.30 bits per heavy atom. The molecule has 2 rings (SSSR count). The van der Waals surface area contributed by atoms with Gasteiger partial charge in [0, 0.05) is 18.6 Å². The molecule has 0 radical (unpaired) electrons. The third-order valence-electron chi connectivity index (χ3n) is 5.93. The first-order valence-corrected chi connectivity index (χ1v) is 8.57. The second-order valence-electron chi connectivity index (χ2n) is 7.79. The monoisotopic (exact) mass is 281 g/mol. The summed E-state index contributed by atoms with van der Waals surface area (Å²) in [5, 5.41) is 0. The molecular weight excluding hydrogens is 246 g/mol. The highest BCUT2D eigenvalue weighted by atomic mass is 15.2. The Bertz CT molecular complexity index is 297. The summed E-state index contributed by atoms with van der Waals surface area (Å²) in [6.45, 7) is 9.45. The van der Waals surface area contributed by atoms with Crippen LogP contribution in [0, 0.1) is 17.8 Å². The predicted molar refractivity (Wildman–Crippen MR) is 86.8 cm³/mol. The molecule has 2 aliphatic rings. The number of piperidine rings is 1. The van der Waals surface area contributed by atoms with Gasteiger partial charge >= 0.3 is 0 Å².